The Labute approximate surface area is 178 Å². The summed E-state index contributed by atoms with van der Waals surface area (Å²) >= 11 is 1.42. The normalized spacial score (nSPS) is 11.5. The average Bonchev–Trinajstić information content (AvgIpc) is 3.14. The predicted molar refractivity (Wildman–Crippen MR) is 119 cm³/mol. The fourth-order valence-corrected chi connectivity index (χ4v) is 4.76. The van der Waals surface area contributed by atoms with Crippen LogP contribution in [0, 0.1) is 6.92 Å². The summed E-state index contributed by atoms with van der Waals surface area (Å²) in [5.74, 6) is -0.332. The number of amides is 1. The van der Waals surface area contributed by atoms with E-state index in [0.29, 0.717) is 10.8 Å². The molecule has 0 bridgehead atoms. The number of sulfone groups is 1. The minimum absolute atomic E-state index is 0.103. The van der Waals surface area contributed by atoms with E-state index in [1.165, 1.54) is 23.5 Å². The van der Waals surface area contributed by atoms with Crippen LogP contribution in [0.4, 0.5) is 5.13 Å². The molecular formula is C22H19N3O3S2. The highest BCUT2D eigenvalue weighted by molar-refractivity contribution is 7.90. The Morgan fingerprint density at radius 1 is 1.07 bits per heavy atom. The number of rotatable bonds is 5. The first kappa shape index (κ1) is 20.2. The first-order chi connectivity index (χ1) is 14.3. The highest BCUT2D eigenvalue weighted by Crippen LogP contribution is 2.31. The summed E-state index contributed by atoms with van der Waals surface area (Å²) in [6.45, 7) is 2.23. The summed E-state index contributed by atoms with van der Waals surface area (Å²) in [5.41, 5.74) is 2.91. The number of hydrogen-bond acceptors (Lipinski definition) is 6. The lowest BCUT2D eigenvalue weighted by molar-refractivity contribution is 0.0984. The Hall–Kier alpha value is -3.10. The van der Waals surface area contributed by atoms with Crippen molar-refractivity contribution in [3.05, 3.63) is 83.7 Å². The third kappa shape index (κ3) is 4.24. The average molecular weight is 438 g/mol. The van der Waals surface area contributed by atoms with Gasteiger partial charge in [-0.05, 0) is 55.0 Å². The number of benzene rings is 2. The SMILES string of the molecule is Cc1ccc2nc(N(Cc3ccccn3)C(=O)c3cccc(S(C)(=O)=O)c3)sc2c1. The maximum Gasteiger partial charge on any atom is 0.260 e. The van der Waals surface area contributed by atoms with Gasteiger partial charge < -0.3 is 0 Å². The molecule has 0 spiro atoms. The van der Waals surface area contributed by atoms with Crippen molar-refractivity contribution in [2.75, 3.05) is 11.2 Å². The van der Waals surface area contributed by atoms with Crippen LogP contribution in [0.25, 0.3) is 10.2 Å². The molecule has 0 saturated carbocycles. The second-order valence-electron chi connectivity index (χ2n) is 6.98. The first-order valence-electron chi connectivity index (χ1n) is 9.20. The smallest absolute Gasteiger partial charge is 0.260 e. The van der Waals surface area contributed by atoms with Crippen molar-refractivity contribution in [3.63, 3.8) is 0 Å². The molecule has 1 amide bonds. The van der Waals surface area contributed by atoms with E-state index in [4.69, 9.17) is 0 Å². The van der Waals surface area contributed by atoms with Gasteiger partial charge >= 0.3 is 0 Å². The summed E-state index contributed by atoms with van der Waals surface area (Å²) in [7, 11) is -3.43. The Kier molecular flexibility index (Phi) is 5.36. The molecule has 0 N–H and O–H groups in total. The number of thiazole rings is 1. The molecule has 0 aliphatic rings. The maximum atomic E-state index is 13.4. The molecule has 0 unspecified atom stereocenters. The van der Waals surface area contributed by atoms with Gasteiger partial charge in [-0.25, -0.2) is 13.4 Å². The molecule has 2 aromatic carbocycles. The van der Waals surface area contributed by atoms with Crippen molar-refractivity contribution in [1.82, 2.24) is 9.97 Å². The maximum absolute atomic E-state index is 13.4. The number of anilines is 1. The van der Waals surface area contributed by atoms with Crippen molar-refractivity contribution in [2.45, 2.75) is 18.4 Å². The lowest BCUT2D eigenvalue weighted by Crippen LogP contribution is -2.30. The van der Waals surface area contributed by atoms with Crippen molar-refractivity contribution in [1.29, 1.82) is 0 Å². The van der Waals surface area contributed by atoms with E-state index < -0.39 is 9.84 Å². The van der Waals surface area contributed by atoms with Gasteiger partial charge in [0.25, 0.3) is 5.91 Å². The van der Waals surface area contributed by atoms with Crippen LogP contribution < -0.4 is 4.90 Å². The third-order valence-electron chi connectivity index (χ3n) is 4.56. The van der Waals surface area contributed by atoms with Gasteiger partial charge in [0, 0.05) is 18.0 Å². The molecule has 2 aromatic heterocycles. The van der Waals surface area contributed by atoms with Crippen LogP contribution in [0.5, 0.6) is 0 Å². The lowest BCUT2D eigenvalue weighted by atomic mass is 10.2. The molecule has 0 fully saturated rings. The zero-order chi connectivity index (χ0) is 21.3. The van der Waals surface area contributed by atoms with Crippen molar-refractivity contribution >= 4 is 42.4 Å². The summed E-state index contributed by atoms with van der Waals surface area (Å²) in [5, 5.41) is 0.538. The standard InChI is InChI=1S/C22H19N3O3S2/c1-15-9-10-19-20(12-15)29-22(24-19)25(14-17-7-3-4-11-23-17)21(26)16-6-5-8-18(13-16)30(2,27)28/h3-13H,14H2,1-2H3. The van der Waals surface area contributed by atoms with Crippen LogP contribution >= 0.6 is 11.3 Å². The van der Waals surface area contributed by atoms with Gasteiger partial charge in [-0.1, -0.05) is 29.5 Å². The monoisotopic (exact) mass is 437 g/mol. The molecule has 4 rings (SSSR count). The lowest BCUT2D eigenvalue weighted by Gasteiger charge is -2.20. The van der Waals surface area contributed by atoms with Gasteiger partial charge in [0.15, 0.2) is 15.0 Å². The Morgan fingerprint density at radius 3 is 2.63 bits per heavy atom. The summed E-state index contributed by atoms with van der Waals surface area (Å²) < 4.78 is 24.9. The molecule has 2 heterocycles. The fourth-order valence-electron chi connectivity index (χ4n) is 3.03. The number of pyridine rings is 1. The van der Waals surface area contributed by atoms with Crippen LogP contribution in [0.2, 0.25) is 0 Å². The van der Waals surface area contributed by atoms with Gasteiger partial charge in [-0.3, -0.25) is 14.7 Å². The van der Waals surface area contributed by atoms with Crippen LogP contribution in [0.15, 0.2) is 71.8 Å². The van der Waals surface area contributed by atoms with Gasteiger partial charge in [0.1, 0.15) is 0 Å². The molecule has 30 heavy (non-hydrogen) atoms. The van der Waals surface area contributed by atoms with E-state index in [0.717, 1.165) is 22.0 Å². The quantitative estimate of drug-likeness (QED) is 0.466. The van der Waals surface area contributed by atoms with Crippen molar-refractivity contribution < 1.29 is 13.2 Å². The number of aryl methyl sites for hydroxylation is 1. The Morgan fingerprint density at radius 2 is 1.90 bits per heavy atom. The molecule has 0 radical (unpaired) electrons. The molecule has 0 aliphatic carbocycles. The van der Waals surface area contributed by atoms with Gasteiger partial charge in [-0.15, -0.1) is 0 Å². The van der Waals surface area contributed by atoms with E-state index in [2.05, 4.69) is 9.97 Å². The second kappa shape index (κ2) is 7.97. The Bertz CT molecular complexity index is 1330. The predicted octanol–water partition coefficient (Wildman–Crippen LogP) is 4.25. The largest absolute Gasteiger partial charge is 0.278 e. The second-order valence-corrected chi connectivity index (χ2v) is 10.0. The minimum atomic E-state index is -3.43. The van der Waals surface area contributed by atoms with Gasteiger partial charge in [-0.2, -0.15) is 0 Å². The van der Waals surface area contributed by atoms with Crippen molar-refractivity contribution in [2.24, 2.45) is 0 Å². The van der Waals surface area contributed by atoms with Gasteiger partial charge in [0.05, 0.1) is 27.4 Å². The molecular weight excluding hydrogens is 418 g/mol. The van der Waals surface area contributed by atoms with Crippen LogP contribution in [0.3, 0.4) is 0 Å². The third-order valence-corrected chi connectivity index (χ3v) is 6.72. The molecule has 152 valence electrons. The Balaban J connectivity index is 1.79. The molecule has 8 heteroatoms. The topological polar surface area (TPSA) is 80.2 Å². The number of carbonyl (C=O) groups is 1. The number of aromatic nitrogens is 2. The van der Waals surface area contributed by atoms with E-state index in [9.17, 15) is 13.2 Å². The van der Waals surface area contributed by atoms with Gasteiger partial charge in [0.2, 0.25) is 0 Å². The molecule has 0 atom stereocenters. The first-order valence-corrected chi connectivity index (χ1v) is 11.9. The van der Waals surface area contributed by atoms with E-state index in [1.807, 2.05) is 43.3 Å². The number of hydrogen-bond donors (Lipinski definition) is 0. The molecule has 6 nitrogen and oxygen atoms in total. The highest BCUT2D eigenvalue weighted by Gasteiger charge is 2.23. The fraction of sp³-hybridized carbons (Fsp3) is 0.136. The van der Waals surface area contributed by atoms with Crippen molar-refractivity contribution in [3.8, 4) is 0 Å². The van der Waals surface area contributed by atoms with Crippen LogP contribution in [0.1, 0.15) is 21.6 Å². The number of nitrogens with zero attached hydrogens (tertiary/aromatic N) is 3. The zero-order valence-corrected chi connectivity index (χ0v) is 18.1. The summed E-state index contributed by atoms with van der Waals surface area (Å²) in [6.07, 6.45) is 2.79. The van der Waals surface area contributed by atoms with E-state index in [1.54, 1.807) is 23.2 Å². The summed E-state index contributed by atoms with van der Waals surface area (Å²) in [4.78, 5) is 24.1. The molecule has 4 aromatic rings. The highest BCUT2D eigenvalue weighted by atomic mass is 32.2. The van der Waals surface area contributed by atoms with Crippen LogP contribution in [-0.4, -0.2) is 30.5 Å². The summed E-state index contributed by atoms with van der Waals surface area (Å²) in [6, 6.07) is 17.5. The number of carbonyl (C=O) groups excluding carboxylic acids is 1. The van der Waals surface area contributed by atoms with Crippen LogP contribution in [-0.2, 0) is 16.4 Å². The zero-order valence-electron chi connectivity index (χ0n) is 16.4. The number of fused-ring (bicyclic) bond motifs is 1. The molecule has 0 aliphatic heterocycles. The minimum Gasteiger partial charge on any atom is -0.278 e. The molecule has 0 saturated heterocycles. The van der Waals surface area contributed by atoms with E-state index in [-0.39, 0.29) is 22.9 Å². The van der Waals surface area contributed by atoms with E-state index >= 15 is 0 Å².